The van der Waals surface area contributed by atoms with Crippen molar-refractivity contribution in [2.24, 2.45) is 11.8 Å². The number of carboxylic acids is 1. The Kier molecular flexibility index (Phi) is 4.06. The number of hydrogen-bond donors (Lipinski definition) is 2. The summed E-state index contributed by atoms with van der Waals surface area (Å²) in [5.41, 5.74) is -1.48. The average molecular weight is 254 g/mol. The summed E-state index contributed by atoms with van der Waals surface area (Å²) in [5, 5.41) is 19.1. The van der Waals surface area contributed by atoms with E-state index in [2.05, 4.69) is 0 Å². The molecule has 1 saturated carbocycles. The normalized spacial score (nSPS) is 32.2. The quantitative estimate of drug-likeness (QED) is 0.813. The Bertz CT molecular complexity index is 280. The molecule has 1 atom stereocenters. The van der Waals surface area contributed by atoms with Crippen molar-refractivity contribution >= 4 is 5.97 Å². The first kappa shape index (κ1) is 14.3. The van der Waals surface area contributed by atoms with Gasteiger partial charge in [-0.2, -0.15) is 13.2 Å². The van der Waals surface area contributed by atoms with E-state index in [-0.39, 0.29) is 32.1 Å². The number of hydrogen-bond acceptors (Lipinski definition) is 2. The molecule has 0 radical (unpaired) electrons. The third kappa shape index (κ3) is 3.12. The number of carbonyl (C=O) groups is 1. The standard InChI is InChI=1S/C11H17F3O3/c1-2-8(9(15)16)10(17)5-3-7(4-6-10)11(12,13)14/h7-8,17H,2-6H2,1H3,(H,15,16). The molecular formula is C11H17F3O3. The fourth-order valence-electron chi connectivity index (χ4n) is 2.58. The van der Waals surface area contributed by atoms with Crippen LogP contribution in [0.5, 0.6) is 0 Å². The molecule has 0 aromatic heterocycles. The maximum Gasteiger partial charge on any atom is 0.391 e. The second-order valence-electron chi connectivity index (χ2n) is 4.72. The van der Waals surface area contributed by atoms with Gasteiger partial charge in [-0.15, -0.1) is 0 Å². The van der Waals surface area contributed by atoms with Crippen molar-refractivity contribution in [3.05, 3.63) is 0 Å². The first-order valence-electron chi connectivity index (χ1n) is 5.72. The lowest BCUT2D eigenvalue weighted by Crippen LogP contribution is -2.46. The zero-order valence-corrected chi connectivity index (χ0v) is 9.63. The van der Waals surface area contributed by atoms with Crippen LogP contribution in [0.25, 0.3) is 0 Å². The molecule has 1 unspecified atom stereocenters. The molecule has 1 aliphatic carbocycles. The molecule has 0 saturated heterocycles. The van der Waals surface area contributed by atoms with E-state index in [4.69, 9.17) is 5.11 Å². The van der Waals surface area contributed by atoms with Gasteiger partial charge in [0, 0.05) is 0 Å². The average Bonchev–Trinajstić information content (AvgIpc) is 2.16. The molecule has 17 heavy (non-hydrogen) atoms. The Hall–Kier alpha value is -0.780. The van der Waals surface area contributed by atoms with E-state index in [0.717, 1.165) is 0 Å². The summed E-state index contributed by atoms with van der Waals surface area (Å²) in [7, 11) is 0. The summed E-state index contributed by atoms with van der Waals surface area (Å²) in [4.78, 5) is 10.9. The van der Waals surface area contributed by atoms with Gasteiger partial charge in [0.2, 0.25) is 0 Å². The van der Waals surface area contributed by atoms with E-state index < -0.39 is 29.6 Å². The highest BCUT2D eigenvalue weighted by Crippen LogP contribution is 2.44. The van der Waals surface area contributed by atoms with Crippen LogP contribution in [0.1, 0.15) is 39.0 Å². The number of carboxylic acid groups (broad SMARTS) is 1. The molecule has 2 N–H and O–H groups in total. The minimum atomic E-state index is -4.24. The largest absolute Gasteiger partial charge is 0.481 e. The van der Waals surface area contributed by atoms with Gasteiger partial charge in [-0.25, -0.2) is 0 Å². The number of rotatable bonds is 3. The Labute approximate surface area is 97.6 Å². The van der Waals surface area contributed by atoms with Crippen LogP contribution >= 0.6 is 0 Å². The van der Waals surface area contributed by atoms with Gasteiger partial charge in [-0.3, -0.25) is 4.79 Å². The molecule has 0 amide bonds. The highest BCUT2D eigenvalue weighted by Gasteiger charge is 2.49. The van der Waals surface area contributed by atoms with Crippen molar-refractivity contribution in [1.82, 2.24) is 0 Å². The van der Waals surface area contributed by atoms with Crippen molar-refractivity contribution in [1.29, 1.82) is 0 Å². The van der Waals surface area contributed by atoms with Gasteiger partial charge >= 0.3 is 12.1 Å². The zero-order valence-electron chi connectivity index (χ0n) is 9.63. The maximum atomic E-state index is 12.4. The van der Waals surface area contributed by atoms with E-state index in [0.29, 0.717) is 0 Å². The van der Waals surface area contributed by atoms with Crippen molar-refractivity contribution in [2.75, 3.05) is 0 Å². The van der Waals surface area contributed by atoms with Gasteiger partial charge in [0.05, 0.1) is 17.4 Å². The van der Waals surface area contributed by atoms with Crippen molar-refractivity contribution in [2.45, 2.75) is 50.8 Å². The molecule has 100 valence electrons. The Morgan fingerprint density at radius 2 is 1.88 bits per heavy atom. The molecule has 0 aromatic carbocycles. The van der Waals surface area contributed by atoms with Crippen molar-refractivity contribution < 1.29 is 28.2 Å². The maximum absolute atomic E-state index is 12.4. The summed E-state index contributed by atoms with van der Waals surface area (Å²) in [5.74, 6) is -3.52. The second-order valence-corrected chi connectivity index (χ2v) is 4.72. The Morgan fingerprint density at radius 3 is 2.18 bits per heavy atom. The summed E-state index contributed by atoms with van der Waals surface area (Å²) in [6, 6.07) is 0. The van der Waals surface area contributed by atoms with Crippen LogP contribution in [-0.2, 0) is 4.79 Å². The predicted molar refractivity (Wildman–Crippen MR) is 54.4 cm³/mol. The van der Waals surface area contributed by atoms with Crippen LogP contribution in [-0.4, -0.2) is 28.0 Å². The monoisotopic (exact) mass is 254 g/mol. The van der Waals surface area contributed by atoms with Crippen LogP contribution in [0.3, 0.4) is 0 Å². The minimum absolute atomic E-state index is 0.0953. The SMILES string of the molecule is CCC(C(=O)O)C1(O)CCC(C(F)(F)F)CC1. The molecule has 0 bridgehead atoms. The summed E-state index contributed by atoms with van der Waals surface area (Å²) in [6.45, 7) is 1.62. The summed E-state index contributed by atoms with van der Waals surface area (Å²) >= 11 is 0. The Balaban J connectivity index is 2.69. The number of alkyl halides is 3. The van der Waals surface area contributed by atoms with Gasteiger partial charge in [-0.05, 0) is 32.1 Å². The van der Waals surface area contributed by atoms with Crippen LogP contribution < -0.4 is 0 Å². The molecular weight excluding hydrogens is 237 g/mol. The Morgan fingerprint density at radius 1 is 1.41 bits per heavy atom. The van der Waals surface area contributed by atoms with Gasteiger partial charge < -0.3 is 10.2 Å². The molecule has 1 rings (SSSR count). The van der Waals surface area contributed by atoms with Crippen LogP contribution in [0.4, 0.5) is 13.2 Å². The first-order valence-corrected chi connectivity index (χ1v) is 5.72. The van der Waals surface area contributed by atoms with E-state index in [1.165, 1.54) is 0 Å². The number of halogens is 3. The predicted octanol–water partition coefficient (Wildman–Crippen LogP) is 2.58. The van der Waals surface area contributed by atoms with Crippen LogP contribution in [0, 0.1) is 11.8 Å². The van der Waals surface area contributed by atoms with Gasteiger partial charge in [0.15, 0.2) is 0 Å². The smallest absolute Gasteiger partial charge is 0.391 e. The summed E-state index contributed by atoms with van der Waals surface area (Å²) < 4.78 is 37.3. The van der Waals surface area contributed by atoms with Gasteiger partial charge in [0.1, 0.15) is 0 Å². The highest BCUT2D eigenvalue weighted by atomic mass is 19.4. The van der Waals surface area contributed by atoms with Gasteiger partial charge in [0.25, 0.3) is 0 Å². The number of aliphatic hydroxyl groups is 1. The fraction of sp³-hybridized carbons (Fsp3) is 0.909. The lowest BCUT2D eigenvalue weighted by Gasteiger charge is -2.40. The molecule has 1 aliphatic rings. The minimum Gasteiger partial charge on any atom is -0.481 e. The molecule has 1 fully saturated rings. The third-order valence-corrected chi connectivity index (χ3v) is 3.67. The fourth-order valence-corrected chi connectivity index (χ4v) is 2.58. The van der Waals surface area contributed by atoms with Crippen LogP contribution in [0.2, 0.25) is 0 Å². The van der Waals surface area contributed by atoms with Crippen molar-refractivity contribution in [3.8, 4) is 0 Å². The van der Waals surface area contributed by atoms with Crippen molar-refractivity contribution in [3.63, 3.8) is 0 Å². The van der Waals surface area contributed by atoms with E-state index >= 15 is 0 Å². The third-order valence-electron chi connectivity index (χ3n) is 3.67. The van der Waals surface area contributed by atoms with E-state index in [1.54, 1.807) is 6.92 Å². The van der Waals surface area contributed by atoms with E-state index in [9.17, 15) is 23.1 Å². The van der Waals surface area contributed by atoms with Gasteiger partial charge in [-0.1, -0.05) is 6.92 Å². The second kappa shape index (κ2) is 4.84. The zero-order chi connectivity index (χ0) is 13.3. The molecule has 0 heterocycles. The molecule has 3 nitrogen and oxygen atoms in total. The van der Waals surface area contributed by atoms with E-state index in [1.807, 2.05) is 0 Å². The topological polar surface area (TPSA) is 57.5 Å². The molecule has 0 spiro atoms. The highest BCUT2D eigenvalue weighted by molar-refractivity contribution is 5.71. The number of aliphatic carboxylic acids is 1. The molecule has 0 aromatic rings. The lowest BCUT2D eigenvalue weighted by molar-refractivity contribution is -0.198. The van der Waals surface area contributed by atoms with Crippen LogP contribution in [0.15, 0.2) is 0 Å². The first-order chi connectivity index (χ1) is 7.70. The molecule has 6 heteroatoms. The lowest BCUT2D eigenvalue weighted by atomic mass is 9.71. The summed E-state index contributed by atoms with van der Waals surface area (Å²) in [6.07, 6.45) is -4.59. The molecule has 0 aliphatic heterocycles.